The van der Waals surface area contributed by atoms with Gasteiger partial charge in [0.05, 0.1) is 11.9 Å². The van der Waals surface area contributed by atoms with Crippen molar-refractivity contribution in [2.75, 3.05) is 23.7 Å². The number of sulfonamides is 1. The van der Waals surface area contributed by atoms with E-state index in [1.54, 1.807) is 29.2 Å². The van der Waals surface area contributed by atoms with Crippen molar-refractivity contribution in [1.29, 1.82) is 0 Å². The highest BCUT2D eigenvalue weighted by Crippen LogP contribution is 2.19. The highest BCUT2D eigenvalue weighted by molar-refractivity contribution is 7.92. The summed E-state index contributed by atoms with van der Waals surface area (Å²) >= 11 is 0. The van der Waals surface area contributed by atoms with E-state index >= 15 is 0 Å². The number of nitrogens with one attached hydrogen (secondary N) is 1. The Kier molecular flexibility index (Phi) is 11.2. The molecule has 0 aliphatic carbocycles. The lowest BCUT2D eigenvalue weighted by Crippen LogP contribution is -2.49. The average molecular weight is 502 g/mol. The maximum atomic E-state index is 13.4. The van der Waals surface area contributed by atoms with Crippen molar-refractivity contribution in [2.24, 2.45) is 0 Å². The van der Waals surface area contributed by atoms with Crippen molar-refractivity contribution in [1.82, 2.24) is 10.2 Å². The largest absolute Gasteiger partial charge is 0.354 e. The summed E-state index contributed by atoms with van der Waals surface area (Å²) in [6.07, 6.45) is 4.01. The zero-order chi connectivity index (χ0) is 25.8. The summed E-state index contributed by atoms with van der Waals surface area (Å²) in [6.45, 7) is 7.06. The lowest BCUT2D eigenvalue weighted by atomic mass is 10.1. The smallest absolute Gasteiger partial charge is 0.242 e. The molecule has 1 atom stereocenters. The number of anilines is 1. The molecule has 1 unspecified atom stereocenters. The van der Waals surface area contributed by atoms with Crippen molar-refractivity contribution in [3.63, 3.8) is 0 Å². The lowest BCUT2D eigenvalue weighted by Gasteiger charge is -2.31. The highest BCUT2D eigenvalue weighted by atomic mass is 32.2. The molecule has 0 spiro atoms. The Labute approximate surface area is 210 Å². The molecule has 0 radical (unpaired) electrons. The van der Waals surface area contributed by atoms with E-state index in [1.165, 1.54) is 10.6 Å². The van der Waals surface area contributed by atoms with Crippen LogP contribution in [-0.2, 0) is 26.2 Å². The molecule has 0 aromatic heterocycles. The normalized spacial score (nSPS) is 12.1. The molecule has 2 amide bonds. The number of aryl methyl sites for hydroxylation is 1. The summed E-state index contributed by atoms with van der Waals surface area (Å²) in [6, 6.07) is 16.2. The van der Waals surface area contributed by atoms with Gasteiger partial charge in [-0.1, -0.05) is 68.3 Å². The SMILES string of the molecule is CCCCNC(=O)C(CC)N(Cc1ccc(C)cc1)C(=O)CCCN(c1ccccc1)S(C)(=O)=O. The summed E-state index contributed by atoms with van der Waals surface area (Å²) in [5, 5.41) is 2.96. The third-order valence-corrected chi connectivity index (χ3v) is 7.08. The molecule has 35 heavy (non-hydrogen) atoms. The van der Waals surface area contributed by atoms with E-state index in [0.29, 0.717) is 31.6 Å². The fourth-order valence-corrected chi connectivity index (χ4v) is 4.88. The van der Waals surface area contributed by atoms with Gasteiger partial charge < -0.3 is 10.2 Å². The van der Waals surface area contributed by atoms with E-state index < -0.39 is 16.1 Å². The van der Waals surface area contributed by atoms with Crippen LogP contribution >= 0.6 is 0 Å². The first-order valence-electron chi connectivity index (χ1n) is 12.3. The van der Waals surface area contributed by atoms with Crippen molar-refractivity contribution >= 4 is 27.5 Å². The summed E-state index contributed by atoms with van der Waals surface area (Å²) in [5.74, 6) is -0.312. The van der Waals surface area contributed by atoms with Crippen LogP contribution in [0.4, 0.5) is 5.69 Å². The molecule has 2 rings (SSSR count). The van der Waals surface area contributed by atoms with Gasteiger partial charge in [0.15, 0.2) is 0 Å². The maximum absolute atomic E-state index is 13.4. The molecule has 2 aromatic carbocycles. The van der Waals surface area contributed by atoms with Gasteiger partial charge in [0, 0.05) is 26.1 Å². The minimum atomic E-state index is -3.49. The minimum Gasteiger partial charge on any atom is -0.354 e. The number of amides is 2. The summed E-state index contributed by atoms with van der Waals surface area (Å²) < 4.78 is 26.0. The third kappa shape index (κ3) is 9.02. The maximum Gasteiger partial charge on any atom is 0.242 e. The van der Waals surface area contributed by atoms with Crippen molar-refractivity contribution < 1.29 is 18.0 Å². The molecule has 8 heteroatoms. The molecule has 0 saturated heterocycles. The number of benzene rings is 2. The summed E-state index contributed by atoms with van der Waals surface area (Å²) in [7, 11) is -3.49. The number of carbonyl (C=O) groups is 2. The van der Waals surface area contributed by atoms with Gasteiger partial charge >= 0.3 is 0 Å². The Morgan fingerprint density at radius 2 is 1.63 bits per heavy atom. The second-order valence-corrected chi connectivity index (χ2v) is 10.8. The van der Waals surface area contributed by atoms with Crippen LogP contribution in [0, 0.1) is 6.92 Å². The average Bonchev–Trinajstić information content (AvgIpc) is 2.82. The van der Waals surface area contributed by atoms with Gasteiger partial charge in [-0.25, -0.2) is 8.42 Å². The number of unbranched alkanes of at least 4 members (excludes halogenated alkanes) is 1. The van der Waals surface area contributed by atoms with E-state index in [2.05, 4.69) is 12.2 Å². The van der Waals surface area contributed by atoms with Gasteiger partial charge in [-0.05, 0) is 43.9 Å². The van der Waals surface area contributed by atoms with Gasteiger partial charge in [-0.15, -0.1) is 0 Å². The van der Waals surface area contributed by atoms with E-state index in [1.807, 2.05) is 44.2 Å². The number of hydrogen-bond donors (Lipinski definition) is 1. The van der Waals surface area contributed by atoms with Gasteiger partial charge in [-0.3, -0.25) is 13.9 Å². The quantitative estimate of drug-likeness (QED) is 0.392. The number of hydrogen-bond acceptors (Lipinski definition) is 4. The van der Waals surface area contributed by atoms with Crippen LogP contribution in [0.3, 0.4) is 0 Å². The van der Waals surface area contributed by atoms with Crippen LogP contribution in [0.25, 0.3) is 0 Å². The zero-order valence-corrected chi connectivity index (χ0v) is 22.2. The van der Waals surface area contributed by atoms with Gasteiger partial charge in [0.25, 0.3) is 0 Å². The third-order valence-electron chi connectivity index (χ3n) is 5.89. The zero-order valence-electron chi connectivity index (χ0n) is 21.4. The van der Waals surface area contributed by atoms with Gasteiger partial charge in [-0.2, -0.15) is 0 Å². The van der Waals surface area contributed by atoms with E-state index in [0.717, 1.165) is 24.0 Å². The van der Waals surface area contributed by atoms with Crippen molar-refractivity contribution in [3.05, 3.63) is 65.7 Å². The fraction of sp³-hybridized carbons (Fsp3) is 0.481. The van der Waals surface area contributed by atoms with Crippen LogP contribution in [-0.4, -0.2) is 50.5 Å². The number of para-hydroxylation sites is 1. The molecule has 0 bridgehead atoms. The minimum absolute atomic E-state index is 0.142. The molecule has 0 aliphatic rings. The first kappa shape index (κ1) is 28.4. The molecule has 1 N–H and O–H groups in total. The van der Waals surface area contributed by atoms with E-state index in [4.69, 9.17) is 0 Å². The van der Waals surface area contributed by atoms with Gasteiger partial charge in [0.2, 0.25) is 21.8 Å². The highest BCUT2D eigenvalue weighted by Gasteiger charge is 2.28. The Morgan fingerprint density at radius 3 is 2.20 bits per heavy atom. The number of carbonyl (C=O) groups excluding carboxylic acids is 2. The molecule has 192 valence electrons. The Hall–Kier alpha value is -2.87. The summed E-state index contributed by atoms with van der Waals surface area (Å²) in [5.41, 5.74) is 2.64. The Bertz CT molecular complexity index is 1040. The summed E-state index contributed by atoms with van der Waals surface area (Å²) in [4.78, 5) is 28.0. The first-order chi connectivity index (χ1) is 16.7. The number of nitrogens with zero attached hydrogens (tertiary/aromatic N) is 2. The Balaban J connectivity index is 2.16. The Morgan fingerprint density at radius 1 is 0.971 bits per heavy atom. The van der Waals surface area contributed by atoms with Crippen LogP contribution in [0.1, 0.15) is 57.1 Å². The molecule has 0 saturated carbocycles. The molecule has 0 fully saturated rings. The molecular weight excluding hydrogens is 462 g/mol. The molecule has 0 heterocycles. The van der Waals surface area contributed by atoms with Crippen LogP contribution < -0.4 is 9.62 Å². The second-order valence-electron chi connectivity index (χ2n) is 8.85. The topological polar surface area (TPSA) is 86.8 Å². The second kappa shape index (κ2) is 13.9. The molecular formula is C27H39N3O4S. The predicted octanol–water partition coefficient (Wildman–Crippen LogP) is 4.26. The molecule has 0 aliphatic heterocycles. The van der Waals surface area contributed by atoms with Crippen LogP contribution in [0.2, 0.25) is 0 Å². The monoisotopic (exact) mass is 501 g/mol. The van der Waals surface area contributed by atoms with Crippen molar-refractivity contribution in [3.8, 4) is 0 Å². The predicted molar refractivity (Wildman–Crippen MR) is 142 cm³/mol. The van der Waals surface area contributed by atoms with Crippen LogP contribution in [0.15, 0.2) is 54.6 Å². The molecule has 7 nitrogen and oxygen atoms in total. The van der Waals surface area contributed by atoms with Crippen LogP contribution in [0.5, 0.6) is 0 Å². The number of rotatable bonds is 14. The first-order valence-corrected chi connectivity index (χ1v) is 14.2. The standard InChI is InChI=1S/C27H39N3O4S/c1-5-7-19-28-27(32)25(6-2)29(21-23-17-15-22(3)16-18-23)26(31)14-11-20-30(35(4,33)34)24-12-9-8-10-13-24/h8-10,12-13,15-18,25H,5-7,11,14,19-21H2,1-4H3,(H,28,32). The van der Waals surface area contributed by atoms with E-state index in [9.17, 15) is 18.0 Å². The fourth-order valence-electron chi connectivity index (χ4n) is 3.91. The van der Waals surface area contributed by atoms with E-state index in [-0.39, 0.29) is 24.8 Å². The van der Waals surface area contributed by atoms with Crippen molar-refractivity contribution in [2.45, 2.75) is 65.5 Å². The molecule has 2 aromatic rings. The lowest BCUT2D eigenvalue weighted by molar-refractivity contribution is -0.141. The van der Waals surface area contributed by atoms with Gasteiger partial charge in [0.1, 0.15) is 6.04 Å².